The summed E-state index contributed by atoms with van der Waals surface area (Å²) in [7, 11) is 0. The summed E-state index contributed by atoms with van der Waals surface area (Å²) in [5.41, 5.74) is 5.26. The number of rotatable bonds is 1. The van der Waals surface area contributed by atoms with E-state index < -0.39 is 37.3 Å². The van der Waals surface area contributed by atoms with Crippen LogP contribution in [0.15, 0.2) is 0 Å². The molecule has 0 amide bonds. The van der Waals surface area contributed by atoms with Crippen molar-refractivity contribution in [3.05, 3.63) is 0 Å². The highest BCUT2D eigenvalue weighted by atomic mass is 16.6. The maximum absolute atomic E-state index is 9.20. The summed E-state index contributed by atoms with van der Waals surface area (Å²) in [6, 6.07) is -1.04. The Labute approximate surface area is 69.2 Å². The number of ether oxygens (including phenoxy) is 1. The van der Waals surface area contributed by atoms with Gasteiger partial charge in [0.1, 0.15) is 18.3 Å². The summed E-state index contributed by atoms with van der Waals surface area (Å²) in [5.74, 6) is 0. The van der Waals surface area contributed by atoms with Gasteiger partial charge in [-0.3, -0.25) is 0 Å². The molecule has 0 spiro atoms. The molecule has 1 saturated heterocycles. The van der Waals surface area contributed by atoms with Gasteiger partial charge in [-0.1, -0.05) is 0 Å². The first-order valence-corrected chi connectivity index (χ1v) is 3.64. The summed E-state index contributed by atoms with van der Waals surface area (Å²) < 4.78 is 4.70. The molecule has 4 unspecified atom stereocenters. The van der Waals surface area contributed by atoms with Crippen molar-refractivity contribution in [3.8, 4) is 0 Å². The third-order valence-corrected chi connectivity index (χ3v) is 1.95. The molecule has 0 saturated carbocycles. The molecule has 0 aromatic rings. The monoisotopic (exact) mass is 179 g/mol. The van der Waals surface area contributed by atoms with Gasteiger partial charge in [0, 0.05) is 0 Å². The Morgan fingerprint density at radius 2 is 1.75 bits per heavy atom. The molecule has 5 atom stereocenters. The molecule has 0 aromatic heterocycles. The second-order valence-electron chi connectivity index (χ2n) is 2.81. The van der Waals surface area contributed by atoms with Crippen molar-refractivity contribution in [2.75, 3.05) is 6.61 Å². The molecule has 1 aliphatic rings. The van der Waals surface area contributed by atoms with Crippen LogP contribution < -0.4 is 5.73 Å². The Bertz CT molecular complexity index is 150. The maximum Gasteiger partial charge on any atom is 0.173 e. The van der Waals surface area contributed by atoms with Gasteiger partial charge in [0.05, 0.1) is 12.6 Å². The molecule has 1 heterocycles. The molecule has 0 radical (unpaired) electrons. The Morgan fingerprint density at radius 3 is 2.25 bits per heavy atom. The molecule has 6 heteroatoms. The lowest BCUT2D eigenvalue weighted by Gasteiger charge is -2.38. The van der Waals surface area contributed by atoms with Gasteiger partial charge in [0.25, 0.3) is 0 Å². The zero-order chi connectivity index (χ0) is 9.30. The van der Waals surface area contributed by atoms with Crippen LogP contribution >= 0.6 is 0 Å². The third kappa shape index (κ3) is 1.58. The molecule has 72 valence electrons. The van der Waals surface area contributed by atoms with Crippen molar-refractivity contribution in [3.63, 3.8) is 0 Å². The molecule has 1 fully saturated rings. The summed E-state index contributed by atoms with van der Waals surface area (Å²) in [6.07, 6.45) is -4.85. The van der Waals surface area contributed by atoms with E-state index in [4.69, 9.17) is 20.7 Å². The van der Waals surface area contributed by atoms with Gasteiger partial charge >= 0.3 is 0 Å². The normalized spacial score (nSPS) is 49.2. The van der Waals surface area contributed by atoms with Crippen LogP contribution in [0.25, 0.3) is 0 Å². The molecule has 1 aliphatic heterocycles. The molecule has 6 nitrogen and oxygen atoms in total. The average Bonchev–Trinajstić information content (AvgIpc) is 2.08. The lowest BCUT2D eigenvalue weighted by Crippen LogP contribution is -2.61. The van der Waals surface area contributed by atoms with Gasteiger partial charge in [-0.25, -0.2) is 0 Å². The van der Waals surface area contributed by atoms with E-state index in [9.17, 15) is 10.2 Å². The van der Waals surface area contributed by atoms with E-state index in [-0.39, 0.29) is 0 Å². The number of aliphatic hydroxyl groups is 4. The standard InChI is InChI=1S/C6H13NO5/c7-3-5(10)4(9)2(1-8)12-6(3)11/h2-6,8-11H,1,7H2/t2?,3?,4-,5?,6?/m0/s1. The van der Waals surface area contributed by atoms with Crippen LogP contribution in [-0.4, -0.2) is 57.7 Å². The van der Waals surface area contributed by atoms with Gasteiger partial charge in [0.15, 0.2) is 6.29 Å². The van der Waals surface area contributed by atoms with Gasteiger partial charge in [-0.2, -0.15) is 0 Å². The molecule has 0 aromatic carbocycles. The van der Waals surface area contributed by atoms with Crippen LogP contribution in [0.1, 0.15) is 0 Å². The topological polar surface area (TPSA) is 116 Å². The van der Waals surface area contributed by atoms with E-state index in [2.05, 4.69) is 0 Å². The van der Waals surface area contributed by atoms with E-state index in [1.807, 2.05) is 0 Å². The summed E-state index contributed by atoms with van der Waals surface area (Å²) in [5, 5.41) is 36.1. The molecular formula is C6H13NO5. The van der Waals surface area contributed by atoms with Crippen molar-refractivity contribution in [2.24, 2.45) is 5.73 Å². The number of hydrogen-bond acceptors (Lipinski definition) is 6. The Kier molecular flexibility index (Phi) is 2.99. The highest BCUT2D eigenvalue weighted by Gasteiger charge is 2.41. The van der Waals surface area contributed by atoms with Crippen LogP contribution in [-0.2, 0) is 4.74 Å². The summed E-state index contributed by atoms with van der Waals surface area (Å²) in [6.45, 7) is -0.470. The predicted molar refractivity (Wildman–Crippen MR) is 38.0 cm³/mol. The fourth-order valence-electron chi connectivity index (χ4n) is 1.12. The maximum atomic E-state index is 9.20. The first-order chi connectivity index (χ1) is 5.57. The third-order valence-electron chi connectivity index (χ3n) is 1.95. The van der Waals surface area contributed by atoms with Crippen LogP contribution in [0.2, 0.25) is 0 Å². The highest BCUT2D eigenvalue weighted by Crippen LogP contribution is 2.17. The Balaban J connectivity index is 2.63. The minimum atomic E-state index is -1.35. The van der Waals surface area contributed by atoms with E-state index in [0.29, 0.717) is 0 Å². The molecular weight excluding hydrogens is 166 g/mol. The zero-order valence-electron chi connectivity index (χ0n) is 6.37. The van der Waals surface area contributed by atoms with Gasteiger partial charge in [0.2, 0.25) is 0 Å². The second-order valence-corrected chi connectivity index (χ2v) is 2.81. The molecule has 0 aliphatic carbocycles. The van der Waals surface area contributed by atoms with E-state index in [0.717, 1.165) is 0 Å². The molecule has 6 N–H and O–H groups in total. The van der Waals surface area contributed by atoms with Gasteiger partial charge in [-0.15, -0.1) is 0 Å². The van der Waals surface area contributed by atoms with Crippen LogP contribution in [0, 0.1) is 0 Å². The van der Waals surface area contributed by atoms with Crippen molar-refractivity contribution in [1.29, 1.82) is 0 Å². The van der Waals surface area contributed by atoms with E-state index >= 15 is 0 Å². The van der Waals surface area contributed by atoms with Crippen molar-refractivity contribution >= 4 is 0 Å². The fourth-order valence-corrected chi connectivity index (χ4v) is 1.12. The SMILES string of the molecule is NC1C(O)OC(CO)[C@H](O)C1O. The minimum absolute atomic E-state index is 0.470. The first kappa shape index (κ1) is 9.85. The second kappa shape index (κ2) is 3.65. The Morgan fingerprint density at radius 1 is 1.17 bits per heavy atom. The predicted octanol–water partition coefficient (Wildman–Crippen LogP) is -3.25. The average molecular weight is 179 g/mol. The minimum Gasteiger partial charge on any atom is -0.394 e. The number of nitrogens with two attached hydrogens (primary N) is 1. The smallest absolute Gasteiger partial charge is 0.173 e. The Hall–Kier alpha value is -0.240. The highest BCUT2D eigenvalue weighted by molar-refractivity contribution is 4.90. The van der Waals surface area contributed by atoms with Gasteiger partial charge in [-0.05, 0) is 0 Å². The van der Waals surface area contributed by atoms with Crippen molar-refractivity contribution < 1.29 is 25.2 Å². The first-order valence-electron chi connectivity index (χ1n) is 3.64. The van der Waals surface area contributed by atoms with Crippen molar-refractivity contribution in [2.45, 2.75) is 30.6 Å². The lowest BCUT2D eigenvalue weighted by molar-refractivity contribution is -0.248. The van der Waals surface area contributed by atoms with Gasteiger partial charge < -0.3 is 30.9 Å². The lowest BCUT2D eigenvalue weighted by atomic mass is 9.98. The van der Waals surface area contributed by atoms with Crippen LogP contribution in [0.5, 0.6) is 0 Å². The fraction of sp³-hybridized carbons (Fsp3) is 1.00. The summed E-state index contributed by atoms with van der Waals surface area (Å²) in [4.78, 5) is 0. The van der Waals surface area contributed by atoms with Crippen LogP contribution in [0.3, 0.4) is 0 Å². The quantitative estimate of drug-likeness (QED) is 0.288. The summed E-state index contributed by atoms with van der Waals surface area (Å²) >= 11 is 0. The van der Waals surface area contributed by atoms with E-state index in [1.165, 1.54) is 0 Å². The molecule has 0 bridgehead atoms. The number of hydrogen-bond donors (Lipinski definition) is 5. The largest absolute Gasteiger partial charge is 0.394 e. The van der Waals surface area contributed by atoms with E-state index in [1.54, 1.807) is 0 Å². The zero-order valence-corrected chi connectivity index (χ0v) is 6.37. The van der Waals surface area contributed by atoms with Crippen molar-refractivity contribution in [1.82, 2.24) is 0 Å². The molecule has 1 rings (SSSR count). The number of aliphatic hydroxyl groups excluding tert-OH is 4. The van der Waals surface area contributed by atoms with Crippen LogP contribution in [0.4, 0.5) is 0 Å². The molecule has 12 heavy (non-hydrogen) atoms.